The highest BCUT2D eigenvalue weighted by molar-refractivity contribution is 7.89. The fourth-order valence-corrected chi connectivity index (χ4v) is 3.55. The Morgan fingerprint density at radius 2 is 2.05 bits per heavy atom. The Morgan fingerprint density at radius 3 is 2.65 bits per heavy atom. The van der Waals surface area contributed by atoms with Crippen LogP contribution in [0, 0.1) is 5.92 Å². The number of rotatable bonds is 4. The second kappa shape index (κ2) is 6.58. The molecule has 20 heavy (non-hydrogen) atoms. The van der Waals surface area contributed by atoms with Gasteiger partial charge in [0.05, 0.1) is 5.02 Å². The number of sulfonamides is 1. The predicted octanol–water partition coefficient (Wildman–Crippen LogP) is 2.01. The maximum Gasteiger partial charge on any atom is 0.242 e. The van der Waals surface area contributed by atoms with Crippen molar-refractivity contribution in [2.45, 2.75) is 17.7 Å². The molecule has 1 aliphatic heterocycles. The summed E-state index contributed by atoms with van der Waals surface area (Å²) in [5.74, 6) is 0.372. The first-order chi connectivity index (χ1) is 9.38. The van der Waals surface area contributed by atoms with Gasteiger partial charge in [-0.3, -0.25) is 0 Å². The summed E-state index contributed by atoms with van der Waals surface area (Å²) in [7, 11) is -1.51. The molecule has 112 valence electrons. The minimum atomic E-state index is -3.58. The van der Waals surface area contributed by atoms with Crippen molar-refractivity contribution in [2.75, 3.05) is 26.7 Å². The molecular formula is C12H17Cl2N3O2S. The summed E-state index contributed by atoms with van der Waals surface area (Å²) in [6.45, 7) is 2.44. The van der Waals surface area contributed by atoms with Crippen molar-refractivity contribution in [3.63, 3.8) is 0 Å². The van der Waals surface area contributed by atoms with Gasteiger partial charge in [0.2, 0.25) is 10.0 Å². The molecule has 0 aliphatic carbocycles. The maximum absolute atomic E-state index is 12.1. The molecule has 1 aromatic rings. The first-order valence-electron chi connectivity index (χ1n) is 6.38. The molecule has 1 aliphatic rings. The van der Waals surface area contributed by atoms with E-state index < -0.39 is 10.0 Å². The normalized spacial score (nSPS) is 18.4. The van der Waals surface area contributed by atoms with Gasteiger partial charge in [-0.1, -0.05) is 23.2 Å². The third kappa shape index (κ3) is 4.05. The van der Waals surface area contributed by atoms with E-state index in [4.69, 9.17) is 23.2 Å². The smallest absolute Gasteiger partial charge is 0.242 e. The summed E-state index contributed by atoms with van der Waals surface area (Å²) >= 11 is 11.5. The molecule has 8 heteroatoms. The van der Waals surface area contributed by atoms with Crippen LogP contribution in [0.1, 0.15) is 12.8 Å². The van der Waals surface area contributed by atoms with E-state index in [1.807, 2.05) is 0 Å². The zero-order valence-corrected chi connectivity index (χ0v) is 13.5. The van der Waals surface area contributed by atoms with Crippen molar-refractivity contribution in [3.05, 3.63) is 22.4 Å². The fourth-order valence-electron chi connectivity index (χ4n) is 2.13. The monoisotopic (exact) mass is 337 g/mol. The van der Waals surface area contributed by atoms with Crippen LogP contribution in [0.4, 0.5) is 0 Å². The number of hydrogen-bond acceptors (Lipinski definition) is 4. The Labute approximate surface area is 129 Å². The molecule has 0 unspecified atom stereocenters. The van der Waals surface area contributed by atoms with Crippen molar-refractivity contribution < 1.29 is 8.42 Å². The molecule has 0 saturated carbocycles. The molecule has 0 radical (unpaired) electrons. The highest BCUT2D eigenvalue weighted by Crippen LogP contribution is 2.22. The van der Waals surface area contributed by atoms with Crippen molar-refractivity contribution >= 4 is 33.2 Å². The average Bonchev–Trinajstić information content (AvgIpc) is 2.41. The molecular weight excluding hydrogens is 321 g/mol. The number of halogens is 2. The highest BCUT2D eigenvalue weighted by atomic mass is 35.5. The lowest BCUT2D eigenvalue weighted by atomic mass is 9.98. The minimum absolute atomic E-state index is 0.0415. The van der Waals surface area contributed by atoms with Crippen LogP contribution in [-0.4, -0.2) is 45.0 Å². The van der Waals surface area contributed by atoms with Gasteiger partial charge >= 0.3 is 0 Å². The third-order valence-corrected chi connectivity index (χ3v) is 5.56. The van der Waals surface area contributed by atoms with Crippen molar-refractivity contribution in [2.24, 2.45) is 5.92 Å². The summed E-state index contributed by atoms with van der Waals surface area (Å²) in [6.07, 6.45) is 3.21. The van der Waals surface area contributed by atoms with E-state index in [1.54, 1.807) is 0 Å². The standard InChI is InChI=1S/C12H17Cl2N3O2S/c1-17-4-2-9(3-5-17)7-16-20(18,19)10-6-11(13)12(14)15-8-10/h6,8-9,16H,2-5,7H2,1H3. The number of hydrogen-bond donors (Lipinski definition) is 1. The molecule has 2 rings (SSSR count). The van der Waals surface area contributed by atoms with Gasteiger partial charge < -0.3 is 4.90 Å². The van der Waals surface area contributed by atoms with Gasteiger partial charge in [0.15, 0.2) is 0 Å². The Morgan fingerprint density at radius 1 is 1.40 bits per heavy atom. The summed E-state index contributed by atoms with van der Waals surface area (Å²) in [5.41, 5.74) is 0. The van der Waals surface area contributed by atoms with E-state index >= 15 is 0 Å². The average molecular weight is 338 g/mol. The van der Waals surface area contributed by atoms with Crippen molar-refractivity contribution in [3.8, 4) is 0 Å². The van der Waals surface area contributed by atoms with Gasteiger partial charge in [0, 0.05) is 12.7 Å². The van der Waals surface area contributed by atoms with Crippen LogP contribution in [-0.2, 0) is 10.0 Å². The molecule has 0 atom stereocenters. The van der Waals surface area contributed by atoms with Crippen LogP contribution in [0.3, 0.4) is 0 Å². The highest BCUT2D eigenvalue weighted by Gasteiger charge is 2.21. The van der Waals surface area contributed by atoms with Gasteiger partial charge in [-0.2, -0.15) is 0 Å². The molecule has 1 aromatic heterocycles. The summed E-state index contributed by atoms with van der Waals surface area (Å²) in [5, 5.41) is 0.231. The third-order valence-electron chi connectivity index (χ3n) is 3.48. The Kier molecular flexibility index (Phi) is 5.25. The maximum atomic E-state index is 12.1. The molecule has 1 saturated heterocycles. The van der Waals surface area contributed by atoms with E-state index in [0.29, 0.717) is 12.5 Å². The van der Waals surface area contributed by atoms with Crippen LogP contribution in [0.15, 0.2) is 17.2 Å². The van der Waals surface area contributed by atoms with Gasteiger partial charge in [-0.05, 0) is 45.0 Å². The first kappa shape index (κ1) is 16.0. The summed E-state index contributed by atoms with van der Waals surface area (Å²) < 4.78 is 26.9. The number of aromatic nitrogens is 1. The van der Waals surface area contributed by atoms with Crippen LogP contribution >= 0.6 is 23.2 Å². The second-order valence-electron chi connectivity index (χ2n) is 5.04. The zero-order chi connectivity index (χ0) is 14.8. The first-order valence-corrected chi connectivity index (χ1v) is 8.61. The predicted molar refractivity (Wildman–Crippen MR) is 79.7 cm³/mol. The number of pyridine rings is 1. The topological polar surface area (TPSA) is 62.3 Å². The number of likely N-dealkylation sites (tertiary alicyclic amines) is 1. The van der Waals surface area contributed by atoms with Gasteiger partial charge in [0.25, 0.3) is 0 Å². The zero-order valence-electron chi connectivity index (χ0n) is 11.1. The Hall–Kier alpha value is -0.400. The van der Waals surface area contributed by atoms with Crippen LogP contribution < -0.4 is 4.72 Å². The number of piperidine rings is 1. The molecule has 0 amide bonds. The largest absolute Gasteiger partial charge is 0.306 e. The summed E-state index contributed by atoms with van der Waals surface area (Å²) in [6, 6.07) is 1.31. The van der Waals surface area contributed by atoms with Crippen LogP contribution in [0.2, 0.25) is 10.2 Å². The quantitative estimate of drug-likeness (QED) is 0.853. The molecule has 0 bridgehead atoms. The van der Waals surface area contributed by atoms with E-state index in [2.05, 4.69) is 21.7 Å². The van der Waals surface area contributed by atoms with Crippen LogP contribution in [0.5, 0.6) is 0 Å². The lowest BCUT2D eigenvalue weighted by molar-refractivity contribution is 0.220. The Balaban J connectivity index is 1.98. The molecule has 0 aromatic carbocycles. The van der Waals surface area contributed by atoms with E-state index in [-0.39, 0.29) is 15.1 Å². The fraction of sp³-hybridized carbons (Fsp3) is 0.583. The summed E-state index contributed by atoms with van der Waals surface area (Å²) in [4.78, 5) is 6.04. The second-order valence-corrected chi connectivity index (χ2v) is 7.57. The van der Waals surface area contributed by atoms with Gasteiger partial charge in [-0.15, -0.1) is 0 Å². The lowest BCUT2D eigenvalue weighted by Gasteiger charge is -2.28. The molecule has 2 heterocycles. The molecule has 5 nitrogen and oxygen atoms in total. The molecule has 1 N–H and O–H groups in total. The van der Waals surface area contributed by atoms with E-state index in [0.717, 1.165) is 25.9 Å². The molecule has 1 fully saturated rings. The lowest BCUT2D eigenvalue weighted by Crippen LogP contribution is -2.36. The van der Waals surface area contributed by atoms with Gasteiger partial charge in [0.1, 0.15) is 10.0 Å². The SMILES string of the molecule is CN1CCC(CNS(=O)(=O)c2cnc(Cl)c(Cl)c2)CC1. The number of nitrogens with zero attached hydrogens (tertiary/aromatic N) is 2. The Bertz CT molecular complexity index is 572. The van der Waals surface area contributed by atoms with E-state index in [9.17, 15) is 8.42 Å². The van der Waals surface area contributed by atoms with Crippen LogP contribution in [0.25, 0.3) is 0 Å². The van der Waals surface area contributed by atoms with Crippen molar-refractivity contribution in [1.29, 1.82) is 0 Å². The van der Waals surface area contributed by atoms with Gasteiger partial charge in [-0.25, -0.2) is 18.1 Å². The number of nitrogens with one attached hydrogen (secondary N) is 1. The van der Waals surface area contributed by atoms with Crippen molar-refractivity contribution in [1.82, 2.24) is 14.6 Å². The van der Waals surface area contributed by atoms with E-state index in [1.165, 1.54) is 12.3 Å². The minimum Gasteiger partial charge on any atom is -0.306 e. The molecule has 0 spiro atoms.